The molecular weight excluding hydrogens is 588 g/mol. The summed E-state index contributed by atoms with van der Waals surface area (Å²) in [6.45, 7) is -0.00509. The maximum atomic E-state index is 12.7. The lowest BCUT2D eigenvalue weighted by Crippen LogP contribution is -2.31. The summed E-state index contributed by atoms with van der Waals surface area (Å²) in [5, 5.41) is 16.1. The minimum Gasteiger partial charge on any atom is -0.457 e. The molecule has 2 heterocycles. The molecule has 0 bridgehead atoms. The molecule has 9 nitrogen and oxygen atoms in total. The van der Waals surface area contributed by atoms with Crippen molar-refractivity contribution in [2.24, 2.45) is 7.05 Å². The van der Waals surface area contributed by atoms with Gasteiger partial charge in [-0.2, -0.15) is 0 Å². The fourth-order valence-electron chi connectivity index (χ4n) is 4.93. The number of anilines is 2. The maximum absolute atomic E-state index is 12.7. The van der Waals surface area contributed by atoms with Crippen LogP contribution >= 0.6 is 11.8 Å². The number of ether oxygens (including phenoxy) is 3. The first-order valence-electron chi connectivity index (χ1n) is 14.6. The summed E-state index contributed by atoms with van der Waals surface area (Å²) in [4.78, 5) is 17.1. The van der Waals surface area contributed by atoms with E-state index < -0.39 is 6.29 Å². The van der Waals surface area contributed by atoms with Crippen molar-refractivity contribution in [2.45, 2.75) is 36.7 Å². The van der Waals surface area contributed by atoms with Crippen LogP contribution in [0.4, 0.5) is 16.2 Å². The number of nitrogens with zero attached hydrogens (tertiary/aromatic N) is 2. The Balaban J connectivity index is 1.08. The summed E-state index contributed by atoms with van der Waals surface area (Å²) in [5.74, 6) is 2.14. The highest BCUT2D eigenvalue weighted by Crippen LogP contribution is 2.39. The zero-order valence-electron chi connectivity index (χ0n) is 24.7. The minimum absolute atomic E-state index is 0.00509. The van der Waals surface area contributed by atoms with E-state index in [2.05, 4.69) is 15.6 Å². The molecule has 230 valence electrons. The van der Waals surface area contributed by atoms with Gasteiger partial charge in [0.05, 0.1) is 18.8 Å². The average molecular weight is 623 g/mol. The van der Waals surface area contributed by atoms with E-state index in [0.717, 1.165) is 33.3 Å². The summed E-state index contributed by atoms with van der Waals surface area (Å²) in [5.41, 5.74) is 4.00. The van der Waals surface area contributed by atoms with Gasteiger partial charge >= 0.3 is 6.03 Å². The minimum atomic E-state index is -0.590. The highest BCUT2D eigenvalue weighted by Gasteiger charge is 2.32. The van der Waals surface area contributed by atoms with Crippen LogP contribution in [0.2, 0.25) is 0 Å². The average Bonchev–Trinajstić information content (AvgIpc) is 3.49. The summed E-state index contributed by atoms with van der Waals surface area (Å²) in [6.07, 6.45) is 3.54. The molecule has 45 heavy (non-hydrogen) atoms. The number of aryl methyl sites for hydroxylation is 1. The maximum Gasteiger partial charge on any atom is 0.323 e. The first kappa shape index (κ1) is 30.4. The van der Waals surface area contributed by atoms with Gasteiger partial charge in [0.1, 0.15) is 11.5 Å². The summed E-state index contributed by atoms with van der Waals surface area (Å²) in [6, 6.07) is 31.6. The highest BCUT2D eigenvalue weighted by atomic mass is 32.2. The Bertz CT molecular complexity index is 1680. The normalized spacial score (nSPS) is 17.9. The van der Waals surface area contributed by atoms with Crippen molar-refractivity contribution in [3.63, 3.8) is 0 Å². The van der Waals surface area contributed by atoms with Gasteiger partial charge in [-0.3, -0.25) is 0 Å². The summed E-state index contributed by atoms with van der Waals surface area (Å²) in [7, 11) is 1.97. The Morgan fingerprint density at radius 2 is 1.53 bits per heavy atom. The van der Waals surface area contributed by atoms with Crippen molar-refractivity contribution in [3.05, 3.63) is 132 Å². The second kappa shape index (κ2) is 14.4. The van der Waals surface area contributed by atoms with Crippen LogP contribution in [-0.2, 0) is 23.1 Å². The van der Waals surface area contributed by atoms with E-state index in [1.165, 1.54) is 0 Å². The number of aromatic nitrogens is 2. The summed E-state index contributed by atoms with van der Waals surface area (Å²) < 4.78 is 20.7. The van der Waals surface area contributed by atoms with E-state index in [0.29, 0.717) is 23.5 Å². The number of aliphatic hydroxyl groups excluding tert-OH is 1. The molecule has 4 aromatic carbocycles. The van der Waals surface area contributed by atoms with Gasteiger partial charge in [0.25, 0.3) is 0 Å². The Hall–Kier alpha value is -4.61. The third-order valence-corrected chi connectivity index (χ3v) is 8.51. The number of imidazole rings is 1. The number of amides is 2. The molecule has 0 radical (unpaired) electrons. The van der Waals surface area contributed by atoms with E-state index in [-0.39, 0.29) is 24.8 Å². The van der Waals surface area contributed by atoms with Crippen molar-refractivity contribution in [1.82, 2.24) is 9.55 Å². The van der Waals surface area contributed by atoms with Crippen molar-refractivity contribution in [2.75, 3.05) is 16.4 Å². The summed E-state index contributed by atoms with van der Waals surface area (Å²) >= 11 is 1.65. The van der Waals surface area contributed by atoms with Crippen molar-refractivity contribution < 1.29 is 24.1 Å². The number of rotatable bonds is 10. The van der Waals surface area contributed by atoms with Crippen LogP contribution in [-0.4, -0.2) is 32.5 Å². The molecule has 3 atom stereocenters. The topological polar surface area (TPSA) is 107 Å². The van der Waals surface area contributed by atoms with Crippen LogP contribution in [0.25, 0.3) is 0 Å². The Kier molecular flexibility index (Phi) is 9.77. The van der Waals surface area contributed by atoms with Crippen LogP contribution in [0.3, 0.4) is 0 Å². The second-order valence-electron chi connectivity index (χ2n) is 10.6. The Morgan fingerprint density at radius 1 is 0.889 bits per heavy atom. The van der Waals surface area contributed by atoms with E-state index in [1.807, 2.05) is 96.7 Å². The van der Waals surface area contributed by atoms with Crippen molar-refractivity contribution >= 4 is 29.2 Å². The zero-order chi connectivity index (χ0) is 31.0. The van der Waals surface area contributed by atoms with Gasteiger partial charge in [0.2, 0.25) is 0 Å². The number of para-hydroxylation sites is 1. The number of aliphatic hydroxyl groups is 1. The molecule has 0 aliphatic carbocycles. The van der Waals surface area contributed by atoms with Gasteiger partial charge in [-0.05, 0) is 59.7 Å². The molecule has 10 heteroatoms. The number of thioether (sulfide) groups is 1. The van der Waals surface area contributed by atoms with Crippen LogP contribution < -0.4 is 15.4 Å². The Labute approximate surface area is 266 Å². The van der Waals surface area contributed by atoms with E-state index in [1.54, 1.807) is 42.2 Å². The molecule has 1 saturated heterocycles. The lowest BCUT2D eigenvalue weighted by molar-refractivity contribution is -0.245. The largest absolute Gasteiger partial charge is 0.457 e. The lowest BCUT2D eigenvalue weighted by Gasteiger charge is -2.36. The molecule has 0 saturated carbocycles. The first-order valence-corrected chi connectivity index (χ1v) is 15.6. The number of carbonyl (C=O) groups is 1. The number of benzene rings is 4. The number of carbonyl (C=O) groups excluding carboxylic acids is 1. The van der Waals surface area contributed by atoms with Gasteiger partial charge in [-0.25, -0.2) is 9.78 Å². The molecule has 1 fully saturated rings. The van der Waals surface area contributed by atoms with Crippen LogP contribution in [0, 0.1) is 0 Å². The van der Waals surface area contributed by atoms with Gasteiger partial charge in [-0.15, -0.1) is 0 Å². The van der Waals surface area contributed by atoms with Gasteiger partial charge in [0.15, 0.2) is 11.4 Å². The molecule has 6 rings (SSSR count). The van der Waals surface area contributed by atoms with Gasteiger partial charge in [0, 0.05) is 48.6 Å². The standard InChI is InChI=1S/C35H34N4O5S/c1-39-20-19-36-35(39)45-23-31-21-32(25-9-7-24(22-40)8-10-25)44-33(43-31)26-11-13-27(14-12-26)37-34(41)38-28-15-17-30(18-16-28)42-29-5-3-2-4-6-29/h2-20,31-33,40H,21-23H2,1H3,(H2,37,38,41)/t31-,32+,33+/m1/s1. The van der Waals surface area contributed by atoms with E-state index in [4.69, 9.17) is 14.2 Å². The van der Waals surface area contributed by atoms with Crippen molar-refractivity contribution in [3.8, 4) is 11.5 Å². The third kappa shape index (κ3) is 8.11. The molecule has 5 aromatic rings. The lowest BCUT2D eigenvalue weighted by atomic mass is 10.0. The van der Waals surface area contributed by atoms with Crippen molar-refractivity contribution in [1.29, 1.82) is 0 Å². The van der Waals surface area contributed by atoms with Crippen LogP contribution in [0.1, 0.15) is 35.5 Å². The number of hydrogen-bond acceptors (Lipinski definition) is 7. The van der Waals surface area contributed by atoms with Crippen LogP contribution in [0.15, 0.2) is 121 Å². The second-order valence-corrected chi connectivity index (χ2v) is 11.6. The molecule has 1 aromatic heterocycles. The molecular formula is C35H34N4O5S. The predicted octanol–water partition coefficient (Wildman–Crippen LogP) is 7.69. The quantitative estimate of drug-likeness (QED) is 0.137. The van der Waals surface area contributed by atoms with E-state index >= 15 is 0 Å². The smallest absolute Gasteiger partial charge is 0.323 e. The number of nitrogens with one attached hydrogen (secondary N) is 2. The molecule has 2 amide bonds. The number of urea groups is 1. The molecule has 1 aliphatic rings. The predicted molar refractivity (Wildman–Crippen MR) is 174 cm³/mol. The zero-order valence-corrected chi connectivity index (χ0v) is 25.5. The molecule has 1 aliphatic heterocycles. The highest BCUT2D eigenvalue weighted by molar-refractivity contribution is 7.99. The molecule has 3 N–H and O–H groups in total. The fourth-order valence-corrected chi connectivity index (χ4v) is 5.88. The Morgan fingerprint density at radius 3 is 2.18 bits per heavy atom. The van der Waals surface area contributed by atoms with Gasteiger partial charge < -0.3 is 34.5 Å². The monoisotopic (exact) mass is 622 g/mol. The van der Waals surface area contributed by atoms with E-state index in [9.17, 15) is 9.90 Å². The fraction of sp³-hybridized carbons (Fsp3) is 0.200. The first-order chi connectivity index (χ1) is 22.0. The van der Waals surface area contributed by atoms with Crippen LogP contribution in [0.5, 0.6) is 11.5 Å². The molecule has 0 spiro atoms. The van der Waals surface area contributed by atoms with Gasteiger partial charge in [-0.1, -0.05) is 66.4 Å². The number of hydrogen-bond donors (Lipinski definition) is 3. The SMILES string of the molecule is Cn1ccnc1SC[C@H]1C[C@@H](c2ccc(CO)cc2)O[C@@H](c2ccc(NC(=O)Nc3ccc(Oc4ccccc4)cc3)cc2)O1. The molecule has 0 unspecified atom stereocenters. The third-order valence-electron chi connectivity index (χ3n) is 7.32.